The van der Waals surface area contributed by atoms with Crippen LogP contribution in [0.1, 0.15) is 31.9 Å². The van der Waals surface area contributed by atoms with Crippen LogP contribution in [0.2, 0.25) is 10.0 Å². The summed E-state index contributed by atoms with van der Waals surface area (Å²) in [5.74, 6) is -1.43. The Morgan fingerprint density at radius 1 is 1.10 bits per heavy atom. The predicted molar refractivity (Wildman–Crippen MR) is 150 cm³/mol. The van der Waals surface area contributed by atoms with Crippen LogP contribution in [0.25, 0.3) is 33.5 Å². The third-order valence-corrected chi connectivity index (χ3v) is 7.32. The van der Waals surface area contributed by atoms with E-state index in [0.29, 0.717) is 38.0 Å². The molecule has 0 unspecified atom stereocenters. The molecule has 0 spiro atoms. The Hall–Kier alpha value is -3.60. The van der Waals surface area contributed by atoms with Gasteiger partial charge in [0.15, 0.2) is 0 Å². The molecule has 214 valence electrons. The number of benzene rings is 2. The van der Waals surface area contributed by atoms with Crippen molar-refractivity contribution in [3.05, 3.63) is 76.5 Å². The van der Waals surface area contributed by atoms with Crippen molar-refractivity contribution < 1.29 is 27.8 Å². The normalized spacial score (nSPS) is 17.0. The van der Waals surface area contributed by atoms with Crippen molar-refractivity contribution >= 4 is 29.1 Å². The number of aryl methyl sites for hydroxylation is 1. The van der Waals surface area contributed by atoms with Gasteiger partial charge in [-0.3, -0.25) is 9.48 Å². The Balaban J connectivity index is 1.65. The average molecular weight is 605 g/mol. The van der Waals surface area contributed by atoms with Crippen molar-refractivity contribution in [2.24, 2.45) is 7.05 Å². The fourth-order valence-electron chi connectivity index (χ4n) is 4.79. The van der Waals surface area contributed by atoms with Gasteiger partial charge >= 0.3 is 6.18 Å². The Bertz CT molecular complexity index is 1620. The lowest BCUT2D eigenvalue weighted by Gasteiger charge is -2.38. The predicted octanol–water partition coefficient (Wildman–Crippen LogP) is 6.76. The Morgan fingerprint density at radius 2 is 1.78 bits per heavy atom. The number of nitrogens with one attached hydrogen (secondary N) is 1. The number of pyridine rings is 1. The molecule has 0 fully saturated rings. The van der Waals surface area contributed by atoms with E-state index in [-0.39, 0.29) is 12.3 Å². The highest BCUT2D eigenvalue weighted by atomic mass is 35.5. The average Bonchev–Trinajstić information content (AvgIpc) is 3.33. The number of hydrogen-bond acceptors (Lipinski definition) is 5. The molecule has 1 amide bonds. The third-order valence-electron chi connectivity index (χ3n) is 6.75. The maximum Gasteiger partial charge on any atom is 0.423 e. The fourth-order valence-corrected chi connectivity index (χ4v) is 5.18. The molecule has 5 rings (SSSR count). The van der Waals surface area contributed by atoms with E-state index in [0.717, 1.165) is 11.1 Å². The standard InChI is InChI=1S/C29H25Cl2F3N4O3/c1-28(2)12-23(36-26(40)25(39)29(32,33)34)21-11-20(15-4-7-18(30)8-5-15)24(37-27(21)41-28)19-9-6-16(10-22(19)31)17-13-35-38(3)14-17/h4-11,13-14,23,25,39H,12H2,1-3H3,(H,36,40)/t23-,25+/m1/s1. The van der Waals surface area contributed by atoms with E-state index in [1.165, 1.54) is 0 Å². The second kappa shape index (κ2) is 10.7. The summed E-state index contributed by atoms with van der Waals surface area (Å²) in [7, 11) is 1.82. The van der Waals surface area contributed by atoms with Crippen molar-refractivity contribution in [3.8, 4) is 39.4 Å². The van der Waals surface area contributed by atoms with E-state index in [4.69, 9.17) is 32.9 Å². The van der Waals surface area contributed by atoms with Gasteiger partial charge in [-0.2, -0.15) is 18.3 Å². The molecule has 1 aliphatic heterocycles. The van der Waals surface area contributed by atoms with Crippen LogP contribution in [-0.2, 0) is 11.8 Å². The highest BCUT2D eigenvalue weighted by Crippen LogP contribution is 2.45. The van der Waals surface area contributed by atoms with E-state index in [1.54, 1.807) is 61.1 Å². The lowest BCUT2D eigenvalue weighted by atomic mass is 9.88. The maximum atomic E-state index is 13.1. The number of fused-ring (bicyclic) bond motifs is 1. The summed E-state index contributed by atoms with van der Waals surface area (Å²) >= 11 is 12.9. The zero-order valence-electron chi connectivity index (χ0n) is 22.1. The molecule has 12 heteroatoms. The first-order chi connectivity index (χ1) is 19.2. The van der Waals surface area contributed by atoms with E-state index >= 15 is 0 Å². The van der Waals surface area contributed by atoms with E-state index in [2.05, 4.69) is 10.4 Å². The fraction of sp³-hybridized carbons (Fsp3) is 0.276. The second-order valence-corrected chi connectivity index (χ2v) is 11.3. The Kier molecular flexibility index (Phi) is 7.52. The van der Waals surface area contributed by atoms with E-state index in [1.807, 2.05) is 25.4 Å². The number of carbonyl (C=O) groups is 1. The van der Waals surface area contributed by atoms with Crippen molar-refractivity contribution in [1.82, 2.24) is 20.1 Å². The summed E-state index contributed by atoms with van der Waals surface area (Å²) in [6.45, 7) is 3.47. The smallest absolute Gasteiger partial charge is 0.423 e. The third kappa shape index (κ3) is 6.05. The van der Waals surface area contributed by atoms with Crippen LogP contribution in [0.4, 0.5) is 13.2 Å². The molecule has 2 aromatic heterocycles. The molecule has 2 aromatic carbocycles. The summed E-state index contributed by atoms with van der Waals surface area (Å²) in [5.41, 5.74) is 3.55. The quantitative estimate of drug-likeness (QED) is 0.262. The Morgan fingerprint density at radius 3 is 2.39 bits per heavy atom. The number of ether oxygens (including phenoxy) is 1. The molecule has 3 heterocycles. The number of hydrogen-bond donors (Lipinski definition) is 2. The summed E-state index contributed by atoms with van der Waals surface area (Å²) in [6, 6.07) is 13.3. The van der Waals surface area contributed by atoms with E-state index < -0.39 is 29.8 Å². The van der Waals surface area contributed by atoms with Crippen LogP contribution in [0.3, 0.4) is 0 Å². The van der Waals surface area contributed by atoms with Crippen LogP contribution in [0.5, 0.6) is 5.88 Å². The number of nitrogens with zero attached hydrogens (tertiary/aromatic N) is 3. The van der Waals surface area contributed by atoms with Crippen molar-refractivity contribution in [3.63, 3.8) is 0 Å². The van der Waals surface area contributed by atoms with Gasteiger partial charge in [0.05, 0.1) is 23.0 Å². The second-order valence-electron chi connectivity index (χ2n) is 10.5. The molecule has 0 aliphatic carbocycles. The molecule has 7 nitrogen and oxygen atoms in total. The molecular weight excluding hydrogens is 580 g/mol. The highest BCUT2D eigenvalue weighted by molar-refractivity contribution is 6.33. The zero-order chi connectivity index (χ0) is 29.7. The van der Waals surface area contributed by atoms with Crippen LogP contribution in [0, 0.1) is 0 Å². The number of amides is 1. The summed E-state index contributed by atoms with van der Waals surface area (Å²) in [5, 5.41) is 17.0. The van der Waals surface area contributed by atoms with Crippen molar-refractivity contribution in [2.75, 3.05) is 0 Å². The van der Waals surface area contributed by atoms with Gasteiger partial charge in [-0.15, -0.1) is 0 Å². The van der Waals surface area contributed by atoms with Gasteiger partial charge < -0.3 is 15.2 Å². The summed E-state index contributed by atoms with van der Waals surface area (Å²) in [6.07, 6.45) is -4.55. The number of aliphatic hydroxyl groups is 1. The SMILES string of the molecule is Cn1cc(-c2ccc(-c3nc4c(cc3-c3ccc(Cl)cc3)[C@H](NC(=O)[C@H](O)C(F)(F)F)CC(C)(C)O4)c(Cl)c2)cn1. The lowest BCUT2D eigenvalue weighted by molar-refractivity contribution is -0.205. The van der Waals surface area contributed by atoms with Gasteiger partial charge in [0, 0.05) is 46.9 Å². The molecule has 1 aliphatic rings. The first-order valence-corrected chi connectivity index (χ1v) is 13.3. The van der Waals surface area contributed by atoms with Gasteiger partial charge in [-0.05, 0) is 49.2 Å². The molecule has 0 bridgehead atoms. The molecular formula is C29H25Cl2F3N4O3. The molecule has 4 aromatic rings. The molecule has 0 saturated carbocycles. The maximum absolute atomic E-state index is 13.1. The molecule has 2 atom stereocenters. The molecule has 2 N–H and O–H groups in total. The topological polar surface area (TPSA) is 89.3 Å². The monoisotopic (exact) mass is 604 g/mol. The number of halogens is 5. The van der Waals surface area contributed by atoms with Crippen LogP contribution >= 0.6 is 23.2 Å². The minimum atomic E-state index is -5.11. The van der Waals surface area contributed by atoms with Crippen LogP contribution in [0.15, 0.2) is 60.9 Å². The number of rotatable bonds is 5. The number of carbonyl (C=O) groups excluding carboxylic acids is 1. The van der Waals surface area contributed by atoms with Crippen molar-refractivity contribution in [2.45, 2.75) is 44.2 Å². The molecule has 0 radical (unpaired) electrons. The molecule has 0 saturated heterocycles. The first kappa shape index (κ1) is 28.9. The summed E-state index contributed by atoms with van der Waals surface area (Å²) in [4.78, 5) is 17.2. The van der Waals surface area contributed by atoms with Gasteiger partial charge in [0.1, 0.15) is 5.60 Å². The minimum Gasteiger partial charge on any atom is -0.471 e. The number of aliphatic hydroxyl groups excluding tert-OH is 1. The van der Waals surface area contributed by atoms with E-state index in [9.17, 15) is 23.1 Å². The molecule has 41 heavy (non-hydrogen) atoms. The number of alkyl halides is 3. The van der Waals surface area contributed by atoms with Crippen molar-refractivity contribution in [1.29, 1.82) is 0 Å². The Labute approximate surface area is 243 Å². The van der Waals surface area contributed by atoms with Gasteiger partial charge in [0.2, 0.25) is 12.0 Å². The van der Waals surface area contributed by atoms with Gasteiger partial charge in [-0.1, -0.05) is 47.5 Å². The van der Waals surface area contributed by atoms with Gasteiger partial charge in [-0.25, -0.2) is 4.98 Å². The minimum absolute atomic E-state index is 0.133. The lowest BCUT2D eigenvalue weighted by Crippen LogP contribution is -2.48. The first-order valence-electron chi connectivity index (χ1n) is 12.6. The van der Waals surface area contributed by atoms with Crippen LogP contribution < -0.4 is 10.1 Å². The largest absolute Gasteiger partial charge is 0.471 e. The highest BCUT2D eigenvalue weighted by Gasteiger charge is 2.45. The van der Waals surface area contributed by atoms with Gasteiger partial charge in [0.25, 0.3) is 5.91 Å². The number of aromatic nitrogens is 3. The zero-order valence-corrected chi connectivity index (χ0v) is 23.6. The van der Waals surface area contributed by atoms with Crippen LogP contribution in [-0.4, -0.2) is 43.7 Å². The summed E-state index contributed by atoms with van der Waals surface area (Å²) < 4.78 is 47.0.